The van der Waals surface area contributed by atoms with Crippen LogP contribution in [0, 0.1) is 0 Å². The standard InChI is InChI=1S/C12H14O2/c1-14-12(13)11-8-9-4-2-3-5-10(11)7-6-9/h6-8H,2-5H2,1H3. The number of ether oxygens (including phenoxy) is 1. The third-order valence-corrected chi connectivity index (χ3v) is 2.74. The molecule has 0 aromatic heterocycles. The van der Waals surface area contributed by atoms with Crippen molar-refractivity contribution in [2.45, 2.75) is 25.7 Å². The first kappa shape index (κ1) is 9.25. The number of hydrogen-bond acceptors (Lipinski definition) is 2. The minimum atomic E-state index is -0.205. The predicted octanol–water partition coefficient (Wildman–Crippen LogP) is 2.35. The Morgan fingerprint density at radius 3 is 2.86 bits per heavy atom. The summed E-state index contributed by atoms with van der Waals surface area (Å²) in [5.41, 5.74) is 3.12. The highest BCUT2D eigenvalue weighted by molar-refractivity contribution is 5.91. The van der Waals surface area contributed by atoms with Crippen molar-refractivity contribution < 1.29 is 9.53 Å². The van der Waals surface area contributed by atoms with Gasteiger partial charge in [0.1, 0.15) is 0 Å². The molecule has 2 heteroatoms. The van der Waals surface area contributed by atoms with Gasteiger partial charge in [-0.05, 0) is 42.9 Å². The first-order valence-corrected chi connectivity index (χ1v) is 5.01. The smallest absolute Gasteiger partial charge is 0.338 e. The number of benzene rings is 1. The second-order valence-electron chi connectivity index (χ2n) is 3.69. The molecule has 2 aliphatic carbocycles. The SMILES string of the molecule is COC(=O)c1cc2ccc1CCCC2. The molecule has 0 spiro atoms. The lowest BCUT2D eigenvalue weighted by Crippen LogP contribution is -2.09. The summed E-state index contributed by atoms with van der Waals surface area (Å²) in [5, 5.41) is 0. The molecular weight excluding hydrogens is 176 g/mol. The highest BCUT2D eigenvalue weighted by Crippen LogP contribution is 2.20. The molecule has 1 aromatic carbocycles. The van der Waals surface area contributed by atoms with E-state index in [0.717, 1.165) is 30.4 Å². The summed E-state index contributed by atoms with van der Waals surface area (Å²) >= 11 is 0. The largest absolute Gasteiger partial charge is 0.465 e. The molecule has 0 amide bonds. The van der Waals surface area contributed by atoms with Crippen molar-refractivity contribution in [2.24, 2.45) is 0 Å². The summed E-state index contributed by atoms with van der Waals surface area (Å²) in [7, 11) is 1.44. The van der Waals surface area contributed by atoms with E-state index in [1.807, 2.05) is 6.07 Å². The highest BCUT2D eigenvalue weighted by atomic mass is 16.5. The van der Waals surface area contributed by atoms with E-state index in [0.29, 0.717) is 0 Å². The molecule has 74 valence electrons. The van der Waals surface area contributed by atoms with Crippen LogP contribution in [0.25, 0.3) is 0 Å². The number of carbonyl (C=O) groups is 1. The molecule has 0 unspecified atom stereocenters. The van der Waals surface area contributed by atoms with E-state index < -0.39 is 0 Å². The van der Waals surface area contributed by atoms with Crippen LogP contribution in [0.2, 0.25) is 0 Å². The maximum absolute atomic E-state index is 11.5. The predicted molar refractivity (Wildman–Crippen MR) is 54.4 cm³/mol. The Kier molecular flexibility index (Phi) is 2.53. The molecule has 0 saturated heterocycles. The fourth-order valence-corrected chi connectivity index (χ4v) is 1.94. The van der Waals surface area contributed by atoms with Gasteiger partial charge in [0.15, 0.2) is 0 Å². The van der Waals surface area contributed by atoms with Crippen LogP contribution in [0.5, 0.6) is 0 Å². The van der Waals surface area contributed by atoms with Crippen molar-refractivity contribution in [3.63, 3.8) is 0 Å². The van der Waals surface area contributed by atoms with Crippen LogP contribution < -0.4 is 0 Å². The van der Waals surface area contributed by atoms with Crippen LogP contribution in [0.1, 0.15) is 34.3 Å². The molecule has 2 aliphatic rings. The molecule has 0 heterocycles. The summed E-state index contributed by atoms with van der Waals surface area (Å²) in [6.07, 6.45) is 4.45. The van der Waals surface area contributed by atoms with Gasteiger partial charge in [-0.15, -0.1) is 0 Å². The first-order chi connectivity index (χ1) is 6.81. The quantitative estimate of drug-likeness (QED) is 0.635. The summed E-state index contributed by atoms with van der Waals surface area (Å²) in [5.74, 6) is -0.205. The highest BCUT2D eigenvalue weighted by Gasteiger charge is 2.14. The molecular formula is C12H14O2. The molecule has 0 radical (unpaired) electrons. The van der Waals surface area contributed by atoms with Gasteiger partial charge in [-0.1, -0.05) is 12.1 Å². The Morgan fingerprint density at radius 1 is 1.29 bits per heavy atom. The topological polar surface area (TPSA) is 26.3 Å². The van der Waals surface area contributed by atoms with Gasteiger partial charge in [0, 0.05) is 0 Å². The molecule has 0 saturated carbocycles. The summed E-state index contributed by atoms with van der Waals surface area (Å²) in [4.78, 5) is 11.5. The minimum absolute atomic E-state index is 0.205. The van der Waals surface area contributed by atoms with E-state index in [9.17, 15) is 4.79 Å². The van der Waals surface area contributed by atoms with Gasteiger partial charge >= 0.3 is 5.97 Å². The van der Waals surface area contributed by atoms with Crippen LogP contribution in [0.15, 0.2) is 18.2 Å². The molecule has 0 atom stereocenters. The fourth-order valence-electron chi connectivity index (χ4n) is 1.94. The number of rotatable bonds is 1. The Labute approximate surface area is 83.9 Å². The minimum Gasteiger partial charge on any atom is -0.465 e. The van der Waals surface area contributed by atoms with Crippen LogP contribution in [-0.2, 0) is 17.6 Å². The Balaban J connectivity index is 2.45. The molecule has 2 bridgehead atoms. The Bertz CT molecular complexity index is 355. The van der Waals surface area contributed by atoms with Gasteiger partial charge in [-0.3, -0.25) is 0 Å². The van der Waals surface area contributed by atoms with Gasteiger partial charge in [0.2, 0.25) is 0 Å². The number of esters is 1. The lowest BCUT2D eigenvalue weighted by Gasteiger charge is -2.13. The van der Waals surface area contributed by atoms with E-state index >= 15 is 0 Å². The van der Waals surface area contributed by atoms with Gasteiger partial charge in [0.25, 0.3) is 0 Å². The van der Waals surface area contributed by atoms with Crippen molar-refractivity contribution in [3.8, 4) is 0 Å². The van der Waals surface area contributed by atoms with Crippen LogP contribution in [-0.4, -0.2) is 13.1 Å². The molecule has 3 rings (SSSR count). The van der Waals surface area contributed by atoms with E-state index in [1.165, 1.54) is 19.1 Å². The normalized spacial score (nSPS) is 14.6. The number of fused-ring (bicyclic) bond motifs is 5. The number of hydrogen-bond donors (Lipinski definition) is 0. The van der Waals surface area contributed by atoms with Crippen molar-refractivity contribution in [1.29, 1.82) is 0 Å². The van der Waals surface area contributed by atoms with E-state index in [4.69, 9.17) is 4.74 Å². The van der Waals surface area contributed by atoms with Crippen LogP contribution >= 0.6 is 0 Å². The first-order valence-electron chi connectivity index (χ1n) is 5.01. The average molecular weight is 190 g/mol. The maximum atomic E-state index is 11.5. The molecule has 0 aliphatic heterocycles. The second-order valence-corrected chi connectivity index (χ2v) is 3.69. The van der Waals surface area contributed by atoms with E-state index in [-0.39, 0.29) is 5.97 Å². The molecule has 1 aromatic rings. The van der Waals surface area contributed by atoms with Gasteiger partial charge in [0.05, 0.1) is 12.7 Å². The van der Waals surface area contributed by atoms with E-state index in [2.05, 4.69) is 12.1 Å². The monoisotopic (exact) mass is 190 g/mol. The van der Waals surface area contributed by atoms with Crippen molar-refractivity contribution in [2.75, 3.05) is 7.11 Å². The van der Waals surface area contributed by atoms with Gasteiger partial charge in [-0.2, -0.15) is 0 Å². The summed E-state index contributed by atoms with van der Waals surface area (Å²) < 4.78 is 4.76. The average Bonchev–Trinajstić information content (AvgIpc) is 2.17. The summed E-state index contributed by atoms with van der Waals surface area (Å²) in [6, 6.07) is 6.14. The lowest BCUT2D eigenvalue weighted by molar-refractivity contribution is 0.0599. The fraction of sp³-hybridized carbons (Fsp3) is 0.417. The Morgan fingerprint density at radius 2 is 2.07 bits per heavy atom. The van der Waals surface area contributed by atoms with Crippen molar-refractivity contribution >= 4 is 5.97 Å². The zero-order valence-corrected chi connectivity index (χ0v) is 8.38. The van der Waals surface area contributed by atoms with Crippen LogP contribution in [0.3, 0.4) is 0 Å². The molecule has 0 fully saturated rings. The lowest BCUT2D eigenvalue weighted by atomic mass is 9.93. The second kappa shape index (κ2) is 3.82. The summed E-state index contributed by atoms with van der Waals surface area (Å²) in [6.45, 7) is 0. The van der Waals surface area contributed by atoms with Gasteiger partial charge in [-0.25, -0.2) is 4.79 Å². The van der Waals surface area contributed by atoms with Gasteiger partial charge < -0.3 is 4.74 Å². The number of carbonyl (C=O) groups excluding carboxylic acids is 1. The molecule has 2 nitrogen and oxygen atoms in total. The van der Waals surface area contributed by atoms with Crippen molar-refractivity contribution in [1.82, 2.24) is 0 Å². The number of aryl methyl sites for hydroxylation is 2. The zero-order valence-electron chi connectivity index (χ0n) is 8.38. The Hall–Kier alpha value is -1.31. The van der Waals surface area contributed by atoms with Crippen molar-refractivity contribution in [3.05, 3.63) is 34.9 Å². The molecule has 0 N–H and O–H groups in total. The third kappa shape index (κ3) is 1.65. The third-order valence-electron chi connectivity index (χ3n) is 2.74. The maximum Gasteiger partial charge on any atom is 0.338 e. The number of methoxy groups -OCH3 is 1. The zero-order chi connectivity index (χ0) is 9.97. The van der Waals surface area contributed by atoms with E-state index in [1.54, 1.807) is 0 Å². The van der Waals surface area contributed by atoms with Crippen LogP contribution in [0.4, 0.5) is 0 Å². The molecule has 14 heavy (non-hydrogen) atoms.